The average Bonchev–Trinajstić information content (AvgIpc) is 3.58. The molecule has 0 spiro atoms. The molecule has 0 bridgehead atoms. The molecule has 3 aromatic heterocycles. The van der Waals surface area contributed by atoms with Crippen LogP contribution < -0.4 is 21.3 Å². The molecule has 3 heterocycles. The van der Waals surface area contributed by atoms with Gasteiger partial charge >= 0.3 is 5.69 Å². The molecule has 1 aromatic carbocycles. The van der Waals surface area contributed by atoms with Crippen LogP contribution in [0.5, 0.6) is 5.75 Å². The zero-order chi connectivity index (χ0) is 29.8. The smallest absolute Gasteiger partial charge is 0.332 e. The van der Waals surface area contributed by atoms with Crippen molar-refractivity contribution >= 4 is 27.5 Å². The fourth-order valence-electron chi connectivity index (χ4n) is 4.50. The zero-order valence-corrected chi connectivity index (χ0v) is 24.1. The van der Waals surface area contributed by atoms with E-state index in [1.54, 1.807) is 20.8 Å². The molecule has 41 heavy (non-hydrogen) atoms. The van der Waals surface area contributed by atoms with Crippen molar-refractivity contribution in [3.8, 4) is 16.8 Å². The number of hydrogen-bond acceptors (Lipinski definition) is 9. The van der Waals surface area contributed by atoms with Gasteiger partial charge < -0.3 is 14.8 Å². The van der Waals surface area contributed by atoms with Crippen LogP contribution in [0.4, 0.5) is 4.39 Å². The minimum absolute atomic E-state index is 0.00249. The highest BCUT2D eigenvalue weighted by atomic mass is 32.1. The molecule has 2 atom stereocenters. The maximum Gasteiger partial charge on any atom is 0.332 e. The van der Waals surface area contributed by atoms with E-state index in [1.807, 2.05) is 6.07 Å². The van der Waals surface area contributed by atoms with Gasteiger partial charge in [0.25, 0.3) is 5.56 Å². The number of hydrogen-bond donors (Lipinski definition) is 1. The van der Waals surface area contributed by atoms with E-state index >= 15 is 0 Å². The molecule has 216 valence electrons. The molecule has 4 aromatic rings. The highest BCUT2D eigenvalue weighted by molar-refractivity contribution is 7.21. The maximum atomic E-state index is 14.4. The van der Waals surface area contributed by atoms with Gasteiger partial charge in [-0.25, -0.2) is 13.8 Å². The largest absolute Gasteiger partial charge is 0.496 e. The summed E-state index contributed by atoms with van der Waals surface area (Å²) in [6.45, 7) is 6.56. The van der Waals surface area contributed by atoms with Crippen molar-refractivity contribution in [1.29, 1.82) is 5.26 Å². The van der Waals surface area contributed by atoms with Crippen LogP contribution in [0.3, 0.4) is 0 Å². The Bertz CT molecular complexity index is 1720. The third-order valence-corrected chi connectivity index (χ3v) is 7.72. The van der Waals surface area contributed by atoms with Crippen LogP contribution in [0.15, 0.2) is 40.2 Å². The average molecular weight is 584 g/mol. The van der Waals surface area contributed by atoms with Gasteiger partial charge in [-0.1, -0.05) is 11.3 Å². The minimum Gasteiger partial charge on any atom is -0.496 e. The van der Waals surface area contributed by atoms with Crippen molar-refractivity contribution in [2.75, 3.05) is 13.7 Å². The van der Waals surface area contributed by atoms with E-state index in [0.29, 0.717) is 26.7 Å². The van der Waals surface area contributed by atoms with E-state index in [9.17, 15) is 18.8 Å². The van der Waals surface area contributed by atoms with E-state index < -0.39 is 35.1 Å². The van der Waals surface area contributed by atoms with E-state index in [4.69, 9.17) is 14.7 Å². The van der Waals surface area contributed by atoms with Gasteiger partial charge in [0.15, 0.2) is 0 Å². The second kappa shape index (κ2) is 12.4. The quantitative estimate of drug-likeness (QED) is 0.265. The third kappa shape index (κ3) is 5.91. The van der Waals surface area contributed by atoms with E-state index in [1.165, 1.54) is 54.0 Å². The van der Waals surface area contributed by atoms with Crippen LogP contribution >= 0.6 is 11.3 Å². The lowest BCUT2D eigenvalue weighted by Gasteiger charge is -2.23. The summed E-state index contributed by atoms with van der Waals surface area (Å²) < 4.78 is 28.1. The molecule has 1 amide bonds. The van der Waals surface area contributed by atoms with Gasteiger partial charge in [-0.15, -0.1) is 4.80 Å². The maximum absolute atomic E-state index is 14.4. The fourth-order valence-corrected chi connectivity index (χ4v) is 5.72. The number of nitrogens with one attached hydrogen (secondary N) is 1. The number of carbonyl (C=O) groups excluding carboxylic acids is 1. The normalized spacial score (nSPS) is 12.8. The number of nitriles is 1. The first-order valence-corrected chi connectivity index (χ1v) is 13.7. The number of fused-ring (bicyclic) bond motifs is 1. The lowest BCUT2D eigenvalue weighted by molar-refractivity contribution is -0.124. The van der Waals surface area contributed by atoms with E-state index in [0.717, 1.165) is 15.9 Å². The number of ether oxygens (including phenoxy) is 2. The number of aromatic nitrogens is 5. The van der Waals surface area contributed by atoms with Crippen LogP contribution in [0.2, 0.25) is 0 Å². The lowest BCUT2D eigenvalue weighted by Crippen LogP contribution is -2.47. The second-order valence-corrected chi connectivity index (χ2v) is 10.6. The zero-order valence-electron chi connectivity index (χ0n) is 23.3. The Morgan fingerprint density at radius 1 is 1.22 bits per heavy atom. The summed E-state index contributed by atoms with van der Waals surface area (Å²) in [7, 11) is 1.43. The molecule has 1 N–H and O–H groups in total. The van der Waals surface area contributed by atoms with Crippen molar-refractivity contribution < 1.29 is 18.7 Å². The minimum atomic E-state index is -1.14. The number of carbonyl (C=O) groups is 1. The molecular formula is C27H30FN7O5S. The summed E-state index contributed by atoms with van der Waals surface area (Å²) >= 11 is 1.13. The first-order chi connectivity index (χ1) is 19.6. The summed E-state index contributed by atoms with van der Waals surface area (Å²) in [5, 5.41) is 20.9. The number of thiophene rings is 1. The number of methoxy groups -OCH3 is 1. The van der Waals surface area contributed by atoms with Crippen molar-refractivity contribution in [3.05, 3.63) is 68.4 Å². The topological polar surface area (TPSA) is 146 Å². The van der Waals surface area contributed by atoms with Crippen molar-refractivity contribution in [2.45, 2.75) is 58.8 Å². The summed E-state index contributed by atoms with van der Waals surface area (Å²) in [4.78, 5) is 42.5. The Labute approximate surface area is 238 Å². The number of nitrogens with zero attached hydrogens (tertiary/aromatic N) is 6. The number of halogens is 1. The van der Waals surface area contributed by atoms with Crippen LogP contribution in [-0.4, -0.2) is 49.8 Å². The van der Waals surface area contributed by atoms with Crippen LogP contribution in [0, 0.1) is 24.1 Å². The molecule has 4 rings (SSSR count). The first-order valence-electron chi connectivity index (χ1n) is 12.9. The molecule has 0 aliphatic heterocycles. The Balaban J connectivity index is 1.99. The molecule has 14 heteroatoms. The molecule has 0 radical (unpaired) electrons. The second-order valence-electron chi connectivity index (χ2n) is 9.59. The number of benzene rings is 1. The van der Waals surface area contributed by atoms with Gasteiger partial charge in [0.05, 0.1) is 50.5 Å². The summed E-state index contributed by atoms with van der Waals surface area (Å²) in [5.74, 6) is -0.727. The first kappa shape index (κ1) is 29.6. The van der Waals surface area contributed by atoms with Gasteiger partial charge in [0.1, 0.15) is 33.5 Å². The van der Waals surface area contributed by atoms with Gasteiger partial charge in [-0.3, -0.25) is 14.2 Å². The van der Waals surface area contributed by atoms with Gasteiger partial charge in [-0.05, 0) is 45.9 Å². The molecule has 0 aliphatic carbocycles. The molecule has 12 nitrogen and oxygen atoms in total. The highest BCUT2D eigenvalue weighted by Crippen LogP contribution is 2.34. The molecule has 0 saturated heterocycles. The van der Waals surface area contributed by atoms with Crippen LogP contribution in [0.1, 0.15) is 50.5 Å². The predicted octanol–water partition coefficient (Wildman–Crippen LogP) is 3.02. The molecule has 0 aliphatic rings. The summed E-state index contributed by atoms with van der Waals surface area (Å²) in [6, 6.07) is 4.57. The van der Waals surface area contributed by atoms with Gasteiger partial charge in [0.2, 0.25) is 5.91 Å². The van der Waals surface area contributed by atoms with Crippen molar-refractivity contribution in [2.24, 2.45) is 0 Å². The highest BCUT2D eigenvalue weighted by Gasteiger charge is 2.29. The number of amides is 1. The standard InChI is InChI=1S/C27H30FN7O5S/c1-15(2)32-23(36)17(4)34-24(37)22-16(3)25(35-30-10-11-31-35)41-26(22)33(27(34)38)14-21(40-12-6-9-29)19-13-18(28)7-8-20(19)39-5/h7-8,10-11,13,15,17,21H,6,12,14H2,1-5H3,(H,32,36)/t17?,21-/m0/s1. The van der Waals surface area contributed by atoms with Crippen LogP contribution in [-0.2, 0) is 16.1 Å². The molecular weight excluding hydrogens is 553 g/mol. The molecule has 0 saturated carbocycles. The van der Waals surface area contributed by atoms with E-state index in [-0.39, 0.29) is 31.0 Å². The summed E-state index contributed by atoms with van der Waals surface area (Å²) in [6.07, 6.45) is 2.08. The third-order valence-electron chi connectivity index (χ3n) is 6.44. The van der Waals surface area contributed by atoms with Gasteiger partial charge in [0, 0.05) is 17.2 Å². The lowest BCUT2D eigenvalue weighted by atomic mass is 10.1. The number of aryl methyl sites for hydroxylation is 1. The van der Waals surface area contributed by atoms with E-state index in [2.05, 4.69) is 15.5 Å². The Morgan fingerprint density at radius 3 is 2.56 bits per heavy atom. The van der Waals surface area contributed by atoms with Crippen molar-refractivity contribution in [1.82, 2.24) is 29.4 Å². The molecule has 1 unspecified atom stereocenters. The number of rotatable bonds is 11. The predicted molar refractivity (Wildman–Crippen MR) is 150 cm³/mol. The van der Waals surface area contributed by atoms with Crippen LogP contribution in [0.25, 0.3) is 15.2 Å². The van der Waals surface area contributed by atoms with Crippen molar-refractivity contribution in [3.63, 3.8) is 0 Å². The Kier molecular flexibility index (Phi) is 8.99. The molecule has 0 fully saturated rings. The SMILES string of the molecule is COc1ccc(F)cc1[C@H](Cn1c(=O)n(C(C)C(=O)NC(C)C)c(=O)c2c(C)c(-n3nccn3)sc21)OCCC#N. The Hall–Kier alpha value is -4.35. The van der Waals surface area contributed by atoms with Gasteiger partial charge in [-0.2, -0.15) is 15.5 Å². The Morgan fingerprint density at radius 2 is 1.93 bits per heavy atom. The monoisotopic (exact) mass is 583 g/mol. The fraction of sp³-hybridized carbons (Fsp3) is 0.407. The summed E-state index contributed by atoms with van der Waals surface area (Å²) in [5.41, 5.74) is -0.545.